The smallest absolute Gasteiger partial charge is 0.137 e. The molecule has 0 saturated carbocycles. The van der Waals surface area contributed by atoms with E-state index >= 15 is 0 Å². The molecule has 0 fully saturated rings. The molecule has 0 aliphatic heterocycles. The maximum absolute atomic E-state index is 14.1. The van der Waals surface area contributed by atoms with Crippen molar-refractivity contribution in [3.63, 3.8) is 0 Å². The molecule has 0 amide bonds. The zero-order chi connectivity index (χ0) is 13.8. The molecule has 2 aromatic rings. The lowest BCUT2D eigenvalue weighted by atomic mass is 10.1. The Bertz CT molecular complexity index is 568. The van der Waals surface area contributed by atoms with Crippen LogP contribution in [-0.4, -0.2) is 7.05 Å². The van der Waals surface area contributed by atoms with Crippen LogP contribution in [0.3, 0.4) is 0 Å². The fourth-order valence-electron chi connectivity index (χ4n) is 1.83. The number of aryl methyl sites for hydroxylation is 1. The van der Waals surface area contributed by atoms with Gasteiger partial charge in [-0.2, -0.15) is 0 Å². The van der Waals surface area contributed by atoms with Crippen LogP contribution in [0.15, 0.2) is 52.3 Å². The molecule has 0 aromatic heterocycles. The summed E-state index contributed by atoms with van der Waals surface area (Å²) >= 11 is 1.47. The van der Waals surface area contributed by atoms with Gasteiger partial charge in [0, 0.05) is 15.8 Å². The summed E-state index contributed by atoms with van der Waals surface area (Å²) in [4.78, 5) is 1.76. The largest absolute Gasteiger partial charge is 0.313 e. The fourth-order valence-corrected chi connectivity index (χ4v) is 2.73. The number of hydrogen-bond donors (Lipinski definition) is 1. The Morgan fingerprint density at radius 3 is 2.47 bits per heavy atom. The van der Waals surface area contributed by atoms with Crippen LogP contribution in [0.1, 0.15) is 24.1 Å². The van der Waals surface area contributed by atoms with E-state index in [1.54, 1.807) is 6.07 Å². The third kappa shape index (κ3) is 3.37. The van der Waals surface area contributed by atoms with Crippen LogP contribution in [-0.2, 0) is 0 Å². The molecule has 0 saturated heterocycles. The highest BCUT2D eigenvalue weighted by Gasteiger charge is 2.09. The second kappa shape index (κ2) is 6.22. The minimum absolute atomic E-state index is 0.159. The maximum atomic E-state index is 14.1. The van der Waals surface area contributed by atoms with Crippen LogP contribution < -0.4 is 5.32 Å². The van der Waals surface area contributed by atoms with Crippen molar-refractivity contribution in [2.75, 3.05) is 7.05 Å². The second-order valence-electron chi connectivity index (χ2n) is 4.57. The first kappa shape index (κ1) is 14.1. The molecule has 0 radical (unpaired) electrons. The van der Waals surface area contributed by atoms with Gasteiger partial charge < -0.3 is 5.32 Å². The van der Waals surface area contributed by atoms with Crippen molar-refractivity contribution in [3.8, 4) is 0 Å². The van der Waals surface area contributed by atoms with E-state index in [-0.39, 0.29) is 11.9 Å². The lowest BCUT2D eigenvalue weighted by Crippen LogP contribution is -2.12. The highest BCUT2D eigenvalue weighted by molar-refractivity contribution is 7.99. The SMILES string of the molecule is CNC(C)c1ccc(Sc2ccccc2C)c(F)c1. The van der Waals surface area contributed by atoms with Crippen LogP contribution in [0, 0.1) is 12.7 Å². The standard InChI is InChI=1S/C16H18FNS/c1-11-6-4-5-7-15(11)19-16-9-8-13(10-14(16)17)12(2)18-3/h4-10,12,18H,1-3H3. The minimum atomic E-state index is -0.159. The molecular weight excluding hydrogens is 257 g/mol. The summed E-state index contributed by atoms with van der Waals surface area (Å²) in [7, 11) is 1.87. The van der Waals surface area contributed by atoms with E-state index in [1.165, 1.54) is 17.3 Å². The Hall–Kier alpha value is -1.32. The predicted octanol–water partition coefficient (Wildman–Crippen LogP) is 4.57. The number of benzene rings is 2. The molecule has 0 bridgehead atoms. The predicted molar refractivity (Wildman–Crippen MR) is 79.2 cm³/mol. The van der Waals surface area contributed by atoms with Gasteiger partial charge in [0.15, 0.2) is 0 Å². The van der Waals surface area contributed by atoms with E-state index in [0.29, 0.717) is 4.90 Å². The van der Waals surface area contributed by atoms with Gasteiger partial charge in [-0.1, -0.05) is 36.0 Å². The van der Waals surface area contributed by atoms with Gasteiger partial charge in [0.2, 0.25) is 0 Å². The van der Waals surface area contributed by atoms with Crippen molar-refractivity contribution in [3.05, 3.63) is 59.4 Å². The van der Waals surface area contributed by atoms with Crippen LogP contribution in [0.2, 0.25) is 0 Å². The Morgan fingerprint density at radius 2 is 1.84 bits per heavy atom. The summed E-state index contributed by atoms with van der Waals surface area (Å²) in [5.41, 5.74) is 2.13. The van der Waals surface area contributed by atoms with Gasteiger partial charge in [-0.3, -0.25) is 0 Å². The molecular formula is C16H18FNS. The van der Waals surface area contributed by atoms with Gasteiger partial charge in [0.25, 0.3) is 0 Å². The average molecular weight is 275 g/mol. The Kier molecular flexibility index (Phi) is 4.61. The molecule has 0 aliphatic rings. The van der Waals surface area contributed by atoms with Gasteiger partial charge in [-0.15, -0.1) is 0 Å². The summed E-state index contributed by atoms with van der Waals surface area (Å²) in [6.07, 6.45) is 0. The number of nitrogens with one attached hydrogen (secondary N) is 1. The van der Waals surface area contributed by atoms with E-state index in [4.69, 9.17) is 0 Å². The summed E-state index contributed by atoms with van der Waals surface area (Å²) in [5.74, 6) is -0.159. The second-order valence-corrected chi connectivity index (χ2v) is 5.65. The molecule has 19 heavy (non-hydrogen) atoms. The first-order valence-corrected chi connectivity index (χ1v) is 7.13. The number of halogens is 1. The molecule has 0 aliphatic carbocycles. The minimum Gasteiger partial charge on any atom is -0.313 e. The zero-order valence-corrected chi connectivity index (χ0v) is 12.2. The van der Waals surface area contributed by atoms with Crippen LogP contribution in [0.4, 0.5) is 4.39 Å². The molecule has 1 atom stereocenters. The van der Waals surface area contributed by atoms with Crippen molar-refractivity contribution < 1.29 is 4.39 Å². The summed E-state index contributed by atoms with van der Waals surface area (Å²) < 4.78 is 14.1. The molecule has 100 valence electrons. The summed E-state index contributed by atoms with van der Waals surface area (Å²) in [6, 6.07) is 13.6. The normalized spacial score (nSPS) is 12.4. The Labute approximate surface area is 118 Å². The molecule has 2 aromatic carbocycles. The van der Waals surface area contributed by atoms with Gasteiger partial charge >= 0.3 is 0 Å². The summed E-state index contributed by atoms with van der Waals surface area (Å²) in [6.45, 7) is 4.06. The van der Waals surface area contributed by atoms with Crippen molar-refractivity contribution in [2.24, 2.45) is 0 Å². The average Bonchev–Trinajstić information content (AvgIpc) is 2.42. The zero-order valence-electron chi connectivity index (χ0n) is 11.4. The van der Waals surface area contributed by atoms with Gasteiger partial charge in [-0.05, 0) is 50.2 Å². The fraction of sp³-hybridized carbons (Fsp3) is 0.250. The lowest BCUT2D eigenvalue weighted by molar-refractivity contribution is 0.587. The van der Waals surface area contributed by atoms with Crippen LogP contribution in [0.5, 0.6) is 0 Å². The van der Waals surface area contributed by atoms with Crippen molar-refractivity contribution in [1.29, 1.82) is 0 Å². The van der Waals surface area contributed by atoms with E-state index in [9.17, 15) is 4.39 Å². The lowest BCUT2D eigenvalue weighted by Gasteiger charge is -2.12. The molecule has 2 rings (SSSR count). The van der Waals surface area contributed by atoms with E-state index < -0.39 is 0 Å². The molecule has 1 unspecified atom stereocenters. The van der Waals surface area contributed by atoms with Crippen molar-refractivity contribution in [2.45, 2.75) is 29.7 Å². The number of rotatable bonds is 4. The highest BCUT2D eigenvalue weighted by atomic mass is 32.2. The highest BCUT2D eigenvalue weighted by Crippen LogP contribution is 2.32. The first-order chi connectivity index (χ1) is 9.11. The quantitative estimate of drug-likeness (QED) is 0.877. The van der Waals surface area contributed by atoms with E-state index in [2.05, 4.69) is 5.32 Å². The third-order valence-electron chi connectivity index (χ3n) is 3.20. The Morgan fingerprint density at radius 1 is 1.11 bits per heavy atom. The van der Waals surface area contributed by atoms with E-state index in [0.717, 1.165) is 10.5 Å². The molecule has 1 nitrogen and oxygen atoms in total. The van der Waals surface area contributed by atoms with Crippen LogP contribution in [0.25, 0.3) is 0 Å². The molecule has 3 heteroatoms. The molecule has 0 spiro atoms. The van der Waals surface area contributed by atoms with Crippen LogP contribution >= 0.6 is 11.8 Å². The van der Waals surface area contributed by atoms with Crippen molar-refractivity contribution in [1.82, 2.24) is 5.32 Å². The van der Waals surface area contributed by atoms with E-state index in [1.807, 2.05) is 57.3 Å². The first-order valence-electron chi connectivity index (χ1n) is 6.32. The Balaban J connectivity index is 2.25. The monoisotopic (exact) mass is 275 g/mol. The van der Waals surface area contributed by atoms with Gasteiger partial charge in [0.1, 0.15) is 5.82 Å². The van der Waals surface area contributed by atoms with Gasteiger partial charge in [-0.25, -0.2) is 4.39 Å². The third-order valence-corrected chi connectivity index (χ3v) is 4.43. The number of hydrogen-bond acceptors (Lipinski definition) is 2. The van der Waals surface area contributed by atoms with Gasteiger partial charge in [0.05, 0.1) is 0 Å². The maximum Gasteiger partial charge on any atom is 0.137 e. The summed E-state index contributed by atoms with van der Waals surface area (Å²) in [5, 5.41) is 3.11. The topological polar surface area (TPSA) is 12.0 Å². The molecule has 1 N–H and O–H groups in total. The molecule has 0 heterocycles. The van der Waals surface area contributed by atoms with Crippen molar-refractivity contribution >= 4 is 11.8 Å².